The van der Waals surface area contributed by atoms with Crippen LogP contribution in [0.25, 0.3) is 0 Å². The lowest BCUT2D eigenvalue weighted by Gasteiger charge is -1.87. The highest BCUT2D eigenvalue weighted by molar-refractivity contribution is 7.11. The molecular formula is C63H112N18OS6+2. The highest BCUT2D eigenvalue weighted by Gasteiger charge is 1.94. The molecule has 19 nitrogen and oxygen atoms in total. The number of hydrogen-bond donors (Lipinski definition) is 0. The highest BCUT2D eigenvalue weighted by Crippen LogP contribution is 2.06. The molecule has 11 aromatic heterocycles. The Morgan fingerprint density at radius 3 is 1.23 bits per heavy atom. The Hall–Kier alpha value is -6.64. The van der Waals surface area contributed by atoms with E-state index in [9.17, 15) is 0 Å². The monoisotopic (exact) mass is 1330 g/mol. The largest absolute Gasteiger partial charge is 0.426 e. The lowest BCUT2D eigenvalue weighted by atomic mass is 10.3. The topological polar surface area (TPSA) is 211 Å². The molecule has 0 atom stereocenters. The predicted octanol–water partition coefficient (Wildman–Crippen LogP) is 17.6. The smallest absolute Gasteiger partial charge is 0.213 e. The molecule has 0 N–H and O–H groups in total. The van der Waals surface area contributed by atoms with Gasteiger partial charge in [-0.05, 0) is 98.4 Å². The Labute approximate surface area is 556 Å². The fourth-order valence-corrected chi connectivity index (χ4v) is 7.04. The summed E-state index contributed by atoms with van der Waals surface area (Å²) in [5.74, 6) is 1.25. The van der Waals surface area contributed by atoms with Gasteiger partial charge in [-0.25, -0.2) is 19.1 Å². The second-order valence-electron chi connectivity index (χ2n) is 15.1. The first-order valence-corrected chi connectivity index (χ1v) is 34.5. The molecule has 0 unspecified atom stereocenters. The first kappa shape index (κ1) is 95.0. The second-order valence-corrected chi connectivity index (χ2v) is 21.3. The average Bonchev–Trinajstić information content (AvgIpc) is 4.42. The van der Waals surface area contributed by atoms with Crippen LogP contribution in [-0.2, 0) is 28.2 Å². The van der Waals surface area contributed by atoms with E-state index in [2.05, 4.69) is 106 Å². The molecule has 0 spiro atoms. The molecule has 0 aliphatic carbocycles. The van der Waals surface area contributed by atoms with Gasteiger partial charge in [-0.15, -0.1) is 75.9 Å². The maximum Gasteiger partial charge on any atom is 0.213 e. The van der Waals surface area contributed by atoms with Crippen LogP contribution < -0.4 is 9.13 Å². The molecule has 11 rings (SSSR count). The van der Waals surface area contributed by atoms with Crippen molar-refractivity contribution in [2.75, 3.05) is 0 Å². The van der Waals surface area contributed by atoms with Crippen LogP contribution in [0.5, 0.6) is 0 Å². The Bertz CT molecular complexity index is 2590. The van der Waals surface area contributed by atoms with E-state index in [1.54, 1.807) is 88.9 Å². The van der Waals surface area contributed by atoms with Crippen LogP contribution in [0.15, 0.2) is 119 Å². The first-order valence-electron chi connectivity index (χ1n) is 29.4. The van der Waals surface area contributed by atoms with Gasteiger partial charge in [0.1, 0.15) is 36.8 Å². The zero-order valence-electron chi connectivity index (χ0n) is 59.4. The summed E-state index contributed by atoms with van der Waals surface area (Å²) in [6.07, 6.45) is 18.3. The second kappa shape index (κ2) is 71.1. The minimum absolute atomic E-state index is 0.623. The molecule has 11 aromatic rings. The molecule has 0 amide bonds. The average molecular weight is 1330 g/mol. The molecule has 11 heterocycles. The quantitative estimate of drug-likeness (QED) is 0.129. The van der Waals surface area contributed by atoms with Crippen LogP contribution in [-0.4, -0.2) is 78.8 Å². The Balaban J connectivity index is -0.000000161. The standard InChI is InChI=1S/2C7H10N.C4H6N2O.3C4H6N2S.C4H6N2.3C4H5NS.C3H5N3.7C2H6/c1-7-4-3-5-8(2)6-7;1-7-5-3-4-6-8(7)2;2*1-3-5-6-4(2)7-3;2*1-3-4(2)7-6-5-3;1-6-3-2-5-4-6;1-4-2-6-3-5-4;1-4-2-5-3-6-4;1-4-5-2-3-6-4;1-6-3-4-2-5-6;7*1-2/h2*3-6H,1-2H3;4*1-2H3;2-4H,1H3;4*2-3H,1H3;7*1-2H3/q2*+1;;;;;;;;;;;;;;;;. The van der Waals surface area contributed by atoms with Crippen molar-refractivity contribution in [1.82, 2.24) is 78.8 Å². The molecule has 88 heavy (non-hydrogen) atoms. The third-order valence-corrected chi connectivity index (χ3v) is 12.6. The van der Waals surface area contributed by atoms with Gasteiger partial charge in [-0.1, -0.05) is 112 Å². The van der Waals surface area contributed by atoms with Gasteiger partial charge in [0.25, 0.3) is 0 Å². The number of aromatic nitrogens is 18. The van der Waals surface area contributed by atoms with Gasteiger partial charge in [0.05, 0.1) is 33.7 Å². The van der Waals surface area contributed by atoms with Crippen molar-refractivity contribution in [3.05, 3.63) is 184 Å². The molecule has 0 aliphatic rings. The summed E-state index contributed by atoms with van der Waals surface area (Å²) in [4.78, 5) is 22.9. The minimum atomic E-state index is 0.623. The normalized spacial score (nSPS) is 8.17. The van der Waals surface area contributed by atoms with Crippen molar-refractivity contribution in [3.63, 3.8) is 0 Å². The van der Waals surface area contributed by atoms with Crippen molar-refractivity contribution in [2.24, 2.45) is 28.2 Å². The van der Waals surface area contributed by atoms with Crippen LogP contribution in [0.4, 0.5) is 0 Å². The molecular weight excluding hydrogens is 1220 g/mol. The van der Waals surface area contributed by atoms with Crippen molar-refractivity contribution >= 4 is 68.4 Å². The van der Waals surface area contributed by atoms with Gasteiger partial charge >= 0.3 is 0 Å². The zero-order valence-corrected chi connectivity index (χ0v) is 64.3. The summed E-state index contributed by atoms with van der Waals surface area (Å²) < 4.78 is 19.9. The molecule has 0 saturated carbocycles. The highest BCUT2D eigenvalue weighted by atomic mass is 32.1. The van der Waals surface area contributed by atoms with E-state index in [1.807, 2.05) is 261 Å². The van der Waals surface area contributed by atoms with Crippen LogP contribution in [0, 0.1) is 90.0 Å². The number of imidazole rings is 1. The number of nitrogens with zero attached hydrogens (tertiary/aromatic N) is 18. The third-order valence-electron chi connectivity index (χ3n) is 8.25. The Morgan fingerprint density at radius 1 is 0.523 bits per heavy atom. The summed E-state index contributed by atoms with van der Waals surface area (Å²) in [6.45, 7) is 53.5. The van der Waals surface area contributed by atoms with Crippen molar-refractivity contribution < 1.29 is 13.6 Å². The minimum Gasteiger partial charge on any atom is -0.426 e. The molecule has 0 aliphatic heterocycles. The summed E-state index contributed by atoms with van der Waals surface area (Å²) in [7, 11) is 7.82. The third kappa shape index (κ3) is 63.9. The molecule has 25 heteroatoms. The summed E-state index contributed by atoms with van der Waals surface area (Å²) in [5.41, 5.74) is 9.45. The SMILES string of the molecule is CC.CC.CC.CC.CC.CC.CC.Cc1ccc[n+](C)c1.Cc1cccc[n+]1C.Cc1cncs1.Cc1cscn1.Cc1nccs1.Cc1nnc(C)o1.Cc1nnc(C)s1.Cc1nnsc1C.Cc1nnsc1C.Cn1ccnc1.Cn1cncn1. The summed E-state index contributed by atoms with van der Waals surface area (Å²) in [5, 5.41) is 33.3. The van der Waals surface area contributed by atoms with E-state index in [0.29, 0.717) is 11.8 Å². The number of thiazole rings is 3. The van der Waals surface area contributed by atoms with E-state index in [4.69, 9.17) is 4.42 Å². The number of aryl methyl sites for hydroxylation is 17. The van der Waals surface area contributed by atoms with E-state index >= 15 is 0 Å². The zero-order chi connectivity index (χ0) is 69.1. The Morgan fingerprint density at radius 2 is 1.07 bits per heavy atom. The van der Waals surface area contributed by atoms with Crippen molar-refractivity contribution in [2.45, 2.75) is 187 Å². The molecule has 494 valence electrons. The van der Waals surface area contributed by atoms with Crippen molar-refractivity contribution in [1.29, 1.82) is 0 Å². The molecule has 0 fully saturated rings. The molecule has 0 aromatic carbocycles. The van der Waals surface area contributed by atoms with Gasteiger partial charge < -0.3 is 8.98 Å². The maximum absolute atomic E-state index is 4.86. The van der Waals surface area contributed by atoms with Crippen LogP contribution in [0.1, 0.15) is 167 Å². The van der Waals surface area contributed by atoms with Gasteiger partial charge in [0.2, 0.25) is 11.8 Å². The summed E-state index contributed by atoms with van der Waals surface area (Å²) in [6, 6.07) is 10.3. The van der Waals surface area contributed by atoms with Gasteiger partial charge in [0.15, 0.2) is 24.3 Å². The van der Waals surface area contributed by atoms with Gasteiger partial charge in [-0.3, -0.25) is 19.6 Å². The summed E-state index contributed by atoms with van der Waals surface area (Å²) >= 11 is 9.47. The lowest BCUT2D eigenvalue weighted by molar-refractivity contribution is -0.677. The molecule has 0 saturated heterocycles. The van der Waals surface area contributed by atoms with E-state index < -0.39 is 0 Å². The van der Waals surface area contributed by atoms with E-state index in [-0.39, 0.29) is 0 Å². The Kier molecular flexibility index (Phi) is 76.8. The fraction of sp³-hybridized carbons (Fsp3) is 0.492. The predicted molar refractivity (Wildman–Crippen MR) is 381 cm³/mol. The van der Waals surface area contributed by atoms with Crippen molar-refractivity contribution in [3.8, 4) is 0 Å². The first-order chi connectivity index (χ1) is 42.2. The number of rotatable bonds is 0. The number of hydrogen-bond acceptors (Lipinski definition) is 21. The van der Waals surface area contributed by atoms with Crippen LogP contribution in [0.3, 0.4) is 0 Å². The van der Waals surface area contributed by atoms with Gasteiger partial charge in [-0.2, -0.15) is 5.10 Å². The molecule has 0 bridgehead atoms. The molecule has 0 radical (unpaired) electrons. The van der Waals surface area contributed by atoms with E-state index in [1.165, 1.54) is 55.3 Å². The van der Waals surface area contributed by atoms with E-state index in [0.717, 1.165) is 32.1 Å². The fourth-order valence-electron chi connectivity index (χ4n) is 4.14. The van der Waals surface area contributed by atoms with Crippen LogP contribution >= 0.6 is 68.4 Å². The maximum atomic E-state index is 4.86. The van der Waals surface area contributed by atoms with Crippen LogP contribution in [0.2, 0.25) is 0 Å². The number of pyridine rings is 2. The lowest BCUT2D eigenvalue weighted by Crippen LogP contribution is -2.30. The van der Waals surface area contributed by atoms with Gasteiger partial charge in [0, 0.05) is 115 Å².